The van der Waals surface area contributed by atoms with Crippen LogP contribution in [0.25, 0.3) is 0 Å². The summed E-state index contributed by atoms with van der Waals surface area (Å²) >= 11 is 0. The molecule has 5 heteroatoms. The lowest BCUT2D eigenvalue weighted by Crippen LogP contribution is -2.29. The van der Waals surface area contributed by atoms with Crippen molar-refractivity contribution in [3.8, 4) is 0 Å². The van der Waals surface area contributed by atoms with Gasteiger partial charge >= 0.3 is 5.97 Å². The first-order valence-corrected chi connectivity index (χ1v) is 7.31. The van der Waals surface area contributed by atoms with E-state index in [0.29, 0.717) is 6.54 Å². The molecule has 1 aromatic carbocycles. The van der Waals surface area contributed by atoms with Crippen LogP contribution < -0.4 is 5.32 Å². The van der Waals surface area contributed by atoms with E-state index in [1.54, 1.807) is 13.8 Å². The Labute approximate surface area is 131 Å². The highest BCUT2D eigenvalue weighted by molar-refractivity contribution is 5.83. The van der Waals surface area contributed by atoms with E-state index in [9.17, 15) is 9.90 Å². The molecule has 2 rings (SSSR count). The topological polar surface area (TPSA) is 67.2 Å². The predicted octanol–water partition coefficient (Wildman–Crippen LogP) is 3.01. The molecule has 0 atom stereocenters. The Hall–Kier alpha value is -2.30. The number of nitrogens with one attached hydrogen (secondary N) is 1. The highest BCUT2D eigenvalue weighted by Gasteiger charge is 2.31. The number of hydrogen-bond donors (Lipinski definition) is 2. The molecule has 1 aromatic heterocycles. The van der Waals surface area contributed by atoms with Gasteiger partial charge in [-0.3, -0.25) is 9.48 Å². The Morgan fingerprint density at radius 1 is 1.32 bits per heavy atom. The van der Waals surface area contributed by atoms with Crippen LogP contribution >= 0.6 is 0 Å². The second kappa shape index (κ2) is 5.83. The summed E-state index contributed by atoms with van der Waals surface area (Å²) in [5, 5.41) is 17.2. The Balaban J connectivity index is 2.30. The number of benzene rings is 1. The number of carboxylic acid groups (broad SMARTS) is 1. The van der Waals surface area contributed by atoms with Crippen LogP contribution in [-0.2, 0) is 23.8 Å². The van der Waals surface area contributed by atoms with Crippen molar-refractivity contribution in [2.45, 2.75) is 39.7 Å². The fraction of sp³-hybridized carbons (Fsp3) is 0.412. The second-order valence-electron chi connectivity index (χ2n) is 6.10. The molecule has 0 amide bonds. The van der Waals surface area contributed by atoms with Crippen molar-refractivity contribution >= 4 is 11.7 Å². The first-order valence-electron chi connectivity index (χ1n) is 7.31. The zero-order valence-corrected chi connectivity index (χ0v) is 13.8. The summed E-state index contributed by atoms with van der Waals surface area (Å²) in [6.45, 7) is 8.08. The van der Waals surface area contributed by atoms with Gasteiger partial charge in [-0.1, -0.05) is 18.2 Å². The van der Waals surface area contributed by atoms with Crippen molar-refractivity contribution in [1.29, 1.82) is 0 Å². The van der Waals surface area contributed by atoms with E-state index in [-0.39, 0.29) is 0 Å². The summed E-state index contributed by atoms with van der Waals surface area (Å²) in [5.74, 6) is -0.838. The van der Waals surface area contributed by atoms with E-state index < -0.39 is 11.4 Å². The molecule has 0 unspecified atom stereocenters. The molecule has 0 aliphatic rings. The minimum atomic E-state index is -0.942. The maximum atomic E-state index is 11.5. The van der Waals surface area contributed by atoms with Gasteiger partial charge in [0.15, 0.2) is 0 Å². The van der Waals surface area contributed by atoms with Crippen LogP contribution in [0.2, 0.25) is 0 Å². The Kier molecular flexibility index (Phi) is 4.26. The van der Waals surface area contributed by atoms with E-state index in [2.05, 4.69) is 10.4 Å². The third-order valence-corrected chi connectivity index (χ3v) is 4.25. The van der Waals surface area contributed by atoms with Gasteiger partial charge in [0.25, 0.3) is 0 Å². The Morgan fingerprint density at radius 3 is 2.50 bits per heavy atom. The molecule has 22 heavy (non-hydrogen) atoms. The number of carbonyl (C=O) groups is 1. The van der Waals surface area contributed by atoms with Crippen LogP contribution in [0.1, 0.15) is 36.4 Å². The first-order chi connectivity index (χ1) is 10.2. The highest BCUT2D eigenvalue weighted by atomic mass is 16.4. The molecule has 0 spiro atoms. The van der Waals surface area contributed by atoms with Gasteiger partial charge in [0.05, 0.1) is 11.1 Å². The van der Waals surface area contributed by atoms with Crippen LogP contribution in [0.3, 0.4) is 0 Å². The average molecular weight is 301 g/mol. The van der Waals surface area contributed by atoms with Crippen LogP contribution in [0.5, 0.6) is 0 Å². The zero-order chi connectivity index (χ0) is 16.5. The molecule has 0 aliphatic heterocycles. The number of aryl methyl sites for hydroxylation is 2. The van der Waals surface area contributed by atoms with Crippen molar-refractivity contribution in [1.82, 2.24) is 9.78 Å². The number of nitrogens with zero attached hydrogens (tertiary/aromatic N) is 2. The smallest absolute Gasteiger partial charge is 0.313 e. The molecule has 0 fully saturated rings. The number of aliphatic carboxylic acids is 1. The fourth-order valence-electron chi connectivity index (χ4n) is 2.55. The number of rotatable bonds is 5. The molecule has 2 N–H and O–H groups in total. The minimum Gasteiger partial charge on any atom is -0.481 e. The summed E-state index contributed by atoms with van der Waals surface area (Å²) < 4.78 is 1.86. The largest absolute Gasteiger partial charge is 0.481 e. The van der Waals surface area contributed by atoms with Gasteiger partial charge in [-0.15, -0.1) is 0 Å². The van der Waals surface area contributed by atoms with Crippen molar-refractivity contribution in [2.75, 3.05) is 5.32 Å². The predicted molar refractivity (Wildman–Crippen MR) is 87.1 cm³/mol. The lowest BCUT2D eigenvalue weighted by molar-refractivity contribution is -0.142. The quantitative estimate of drug-likeness (QED) is 0.891. The Bertz CT molecular complexity index is 702. The molecule has 1 heterocycles. The van der Waals surface area contributed by atoms with Gasteiger partial charge in [0.1, 0.15) is 0 Å². The summed E-state index contributed by atoms with van der Waals surface area (Å²) in [6.07, 6.45) is 0. The van der Waals surface area contributed by atoms with Crippen molar-refractivity contribution in [3.63, 3.8) is 0 Å². The number of hydrogen-bond acceptors (Lipinski definition) is 3. The zero-order valence-electron chi connectivity index (χ0n) is 13.8. The standard InChI is InChI=1S/C17H23N3O2/c1-11-13(12(2)20(5)19-11)10-18-15-9-7-6-8-14(15)17(3,4)16(21)22/h6-9,18H,10H2,1-5H3,(H,21,22). The Morgan fingerprint density at radius 2 is 1.95 bits per heavy atom. The van der Waals surface area contributed by atoms with E-state index in [4.69, 9.17) is 0 Å². The molecule has 0 bridgehead atoms. The first kappa shape index (κ1) is 16.1. The molecule has 0 radical (unpaired) electrons. The van der Waals surface area contributed by atoms with E-state index >= 15 is 0 Å². The van der Waals surface area contributed by atoms with Crippen LogP contribution in [0.4, 0.5) is 5.69 Å². The summed E-state index contributed by atoms with van der Waals surface area (Å²) in [4.78, 5) is 11.5. The lowest BCUT2D eigenvalue weighted by atomic mass is 9.83. The fourth-order valence-corrected chi connectivity index (χ4v) is 2.55. The average Bonchev–Trinajstić information content (AvgIpc) is 2.70. The number of anilines is 1. The molecule has 118 valence electrons. The van der Waals surface area contributed by atoms with Gasteiger partial charge < -0.3 is 10.4 Å². The molecule has 0 aliphatic carbocycles. The van der Waals surface area contributed by atoms with Gasteiger partial charge in [0.2, 0.25) is 0 Å². The lowest BCUT2D eigenvalue weighted by Gasteiger charge is -2.23. The van der Waals surface area contributed by atoms with Gasteiger partial charge in [-0.25, -0.2) is 0 Å². The molecular formula is C17H23N3O2. The van der Waals surface area contributed by atoms with Crippen LogP contribution in [-0.4, -0.2) is 20.9 Å². The van der Waals surface area contributed by atoms with E-state index in [0.717, 1.165) is 28.2 Å². The van der Waals surface area contributed by atoms with Crippen molar-refractivity contribution in [3.05, 3.63) is 46.8 Å². The van der Waals surface area contributed by atoms with Crippen molar-refractivity contribution < 1.29 is 9.90 Å². The van der Waals surface area contributed by atoms with Gasteiger partial charge in [-0.05, 0) is 39.3 Å². The summed E-state index contributed by atoms with van der Waals surface area (Å²) in [6, 6.07) is 7.55. The molecule has 0 saturated carbocycles. The van der Waals surface area contributed by atoms with Crippen molar-refractivity contribution in [2.24, 2.45) is 7.05 Å². The maximum Gasteiger partial charge on any atom is 0.313 e. The van der Waals surface area contributed by atoms with Gasteiger partial charge in [-0.2, -0.15) is 5.10 Å². The number of carboxylic acids is 1. The van der Waals surface area contributed by atoms with Gasteiger partial charge in [0, 0.05) is 30.5 Å². The summed E-state index contributed by atoms with van der Waals surface area (Å²) in [5.41, 5.74) is 3.93. The molecule has 5 nitrogen and oxygen atoms in total. The monoisotopic (exact) mass is 301 g/mol. The van der Waals surface area contributed by atoms with E-state index in [1.165, 1.54) is 0 Å². The SMILES string of the molecule is Cc1nn(C)c(C)c1CNc1ccccc1C(C)(C)C(=O)O. The highest BCUT2D eigenvalue weighted by Crippen LogP contribution is 2.30. The molecule has 2 aromatic rings. The van der Waals surface area contributed by atoms with E-state index in [1.807, 2.05) is 49.8 Å². The normalized spacial score (nSPS) is 11.5. The van der Waals surface area contributed by atoms with Crippen LogP contribution in [0.15, 0.2) is 24.3 Å². The number of aromatic nitrogens is 2. The molecular weight excluding hydrogens is 278 g/mol. The minimum absolute atomic E-state index is 0.623. The number of para-hydroxylation sites is 1. The molecule has 0 saturated heterocycles. The maximum absolute atomic E-state index is 11.5. The third-order valence-electron chi connectivity index (χ3n) is 4.25. The summed E-state index contributed by atoms with van der Waals surface area (Å²) in [7, 11) is 1.92. The van der Waals surface area contributed by atoms with Crippen LogP contribution in [0, 0.1) is 13.8 Å². The second-order valence-corrected chi connectivity index (χ2v) is 6.10. The third kappa shape index (κ3) is 2.84.